The number of hydrogen-bond acceptors (Lipinski definition) is 4. The molecule has 0 unspecified atom stereocenters. The number of benzene rings is 2. The molecule has 0 fully saturated rings. The maximum Gasteiger partial charge on any atom is 0.307 e. The Labute approximate surface area is 187 Å². The number of nitrogens with zero attached hydrogens (tertiary/aromatic N) is 2. The normalized spacial score (nSPS) is 11.4. The Hall–Kier alpha value is -3.80. The molecule has 32 heavy (non-hydrogen) atoms. The summed E-state index contributed by atoms with van der Waals surface area (Å²) in [6, 6.07) is 17.7. The summed E-state index contributed by atoms with van der Waals surface area (Å²) in [5, 5.41) is 4.96. The molecule has 0 aliphatic carbocycles. The van der Waals surface area contributed by atoms with Crippen LogP contribution in [0.15, 0.2) is 64.1 Å². The molecular weight excluding hydrogens is 402 g/mol. The Bertz CT molecular complexity index is 1280. The summed E-state index contributed by atoms with van der Waals surface area (Å²) in [5.41, 5.74) is 8.68. The number of hydrogen-bond donors (Lipinski definition) is 1. The van der Waals surface area contributed by atoms with Crippen LogP contribution in [0.5, 0.6) is 5.75 Å². The Morgan fingerprint density at radius 1 is 1.09 bits per heavy atom. The lowest BCUT2D eigenvalue weighted by molar-refractivity contribution is 0.0929. The van der Waals surface area contributed by atoms with E-state index in [1.54, 1.807) is 18.3 Å². The van der Waals surface area contributed by atoms with Crippen molar-refractivity contribution in [1.82, 2.24) is 9.99 Å². The lowest BCUT2D eigenvalue weighted by Crippen LogP contribution is -2.16. The van der Waals surface area contributed by atoms with E-state index >= 15 is 0 Å². The number of carbonyl (C=O) groups excluding carboxylic acids is 1. The van der Waals surface area contributed by atoms with Crippen molar-refractivity contribution in [3.05, 3.63) is 82.9 Å². The van der Waals surface area contributed by atoms with Gasteiger partial charge in [-0.1, -0.05) is 19.1 Å². The van der Waals surface area contributed by atoms with Gasteiger partial charge in [-0.05, 0) is 75.2 Å². The van der Waals surface area contributed by atoms with Crippen LogP contribution < -0.4 is 10.2 Å². The van der Waals surface area contributed by atoms with Crippen molar-refractivity contribution in [2.24, 2.45) is 5.10 Å². The number of fused-ring (bicyclic) bond motifs is 1. The number of hydrazone groups is 1. The molecule has 0 atom stereocenters. The molecule has 6 heteroatoms. The Morgan fingerprint density at radius 3 is 2.59 bits per heavy atom. The standard InChI is InChI=1S/C26H27N3O3/c1-5-19-7-9-22(10-8-19)29-17(3)13-21(18(29)4)16-27-28-26(30)25-15-20-14-23(31-6-2)11-12-24(20)32-25/h7-16H,5-6H2,1-4H3,(H,28,30)/b27-16+. The van der Waals surface area contributed by atoms with Crippen LogP contribution in [0.4, 0.5) is 0 Å². The van der Waals surface area contributed by atoms with E-state index in [2.05, 4.69) is 59.3 Å². The molecule has 0 saturated carbocycles. The van der Waals surface area contributed by atoms with Gasteiger partial charge in [-0.2, -0.15) is 5.10 Å². The Kier molecular flexibility index (Phi) is 6.12. The second kappa shape index (κ2) is 9.14. The summed E-state index contributed by atoms with van der Waals surface area (Å²) in [5.74, 6) is 0.539. The molecule has 0 aliphatic rings. The van der Waals surface area contributed by atoms with E-state index in [0.717, 1.165) is 40.2 Å². The van der Waals surface area contributed by atoms with Gasteiger partial charge >= 0.3 is 5.91 Å². The van der Waals surface area contributed by atoms with Crippen LogP contribution >= 0.6 is 0 Å². The van der Waals surface area contributed by atoms with Crippen LogP contribution in [0.25, 0.3) is 16.7 Å². The number of nitrogens with one attached hydrogen (secondary N) is 1. The monoisotopic (exact) mass is 429 g/mol. The average Bonchev–Trinajstić information content (AvgIpc) is 3.34. The first-order valence-electron chi connectivity index (χ1n) is 10.8. The minimum atomic E-state index is -0.403. The molecular formula is C26H27N3O3. The lowest BCUT2D eigenvalue weighted by atomic mass is 10.1. The van der Waals surface area contributed by atoms with E-state index in [0.29, 0.717) is 12.2 Å². The topological polar surface area (TPSA) is 68.8 Å². The highest BCUT2D eigenvalue weighted by Gasteiger charge is 2.13. The molecule has 0 saturated heterocycles. The second-order valence-electron chi connectivity index (χ2n) is 7.62. The number of carbonyl (C=O) groups is 1. The minimum absolute atomic E-state index is 0.201. The van der Waals surface area contributed by atoms with Gasteiger partial charge in [-0.15, -0.1) is 0 Å². The number of amides is 1. The van der Waals surface area contributed by atoms with Gasteiger partial charge in [0.05, 0.1) is 12.8 Å². The number of aromatic nitrogens is 1. The van der Waals surface area contributed by atoms with Crippen LogP contribution in [0.3, 0.4) is 0 Å². The van der Waals surface area contributed by atoms with Crippen LogP contribution in [0.1, 0.15) is 46.9 Å². The van der Waals surface area contributed by atoms with Gasteiger partial charge in [0, 0.05) is 28.0 Å². The maximum absolute atomic E-state index is 12.5. The molecule has 6 nitrogen and oxygen atoms in total. The predicted molar refractivity (Wildman–Crippen MR) is 127 cm³/mol. The SMILES string of the molecule is CCOc1ccc2oc(C(=O)N/N=C/c3cc(C)n(-c4ccc(CC)cc4)c3C)cc2c1. The number of ether oxygens (including phenoxy) is 1. The van der Waals surface area contributed by atoms with Crippen molar-refractivity contribution in [3.63, 3.8) is 0 Å². The minimum Gasteiger partial charge on any atom is -0.494 e. The Morgan fingerprint density at radius 2 is 1.88 bits per heavy atom. The summed E-state index contributed by atoms with van der Waals surface area (Å²) in [6.07, 6.45) is 2.67. The molecule has 2 aromatic heterocycles. The summed E-state index contributed by atoms with van der Waals surface area (Å²) in [4.78, 5) is 12.5. The fourth-order valence-electron chi connectivity index (χ4n) is 3.80. The number of rotatable bonds is 7. The van der Waals surface area contributed by atoms with Gasteiger partial charge in [0.15, 0.2) is 5.76 Å². The highest BCUT2D eigenvalue weighted by molar-refractivity contribution is 5.96. The van der Waals surface area contributed by atoms with Crippen molar-refractivity contribution in [2.45, 2.75) is 34.1 Å². The van der Waals surface area contributed by atoms with Gasteiger partial charge in [-0.25, -0.2) is 5.43 Å². The zero-order valence-corrected chi connectivity index (χ0v) is 18.8. The summed E-state index contributed by atoms with van der Waals surface area (Å²) in [7, 11) is 0. The molecule has 4 rings (SSSR count). The third-order valence-electron chi connectivity index (χ3n) is 5.47. The molecule has 2 heterocycles. The molecule has 164 valence electrons. The van der Waals surface area contributed by atoms with Crippen LogP contribution in [-0.2, 0) is 6.42 Å². The number of aryl methyl sites for hydroxylation is 2. The summed E-state index contributed by atoms with van der Waals surface area (Å²) in [6.45, 7) is 8.75. The molecule has 1 amide bonds. The van der Waals surface area contributed by atoms with Crippen LogP contribution in [-0.4, -0.2) is 23.3 Å². The van der Waals surface area contributed by atoms with Crippen LogP contribution in [0, 0.1) is 13.8 Å². The van der Waals surface area contributed by atoms with Crippen LogP contribution in [0.2, 0.25) is 0 Å². The highest BCUT2D eigenvalue weighted by Crippen LogP contribution is 2.24. The first-order chi connectivity index (χ1) is 15.5. The van der Waals surface area contributed by atoms with Gasteiger partial charge in [0.25, 0.3) is 0 Å². The van der Waals surface area contributed by atoms with E-state index in [-0.39, 0.29) is 5.76 Å². The smallest absolute Gasteiger partial charge is 0.307 e. The molecule has 2 aromatic carbocycles. The van der Waals surface area contributed by atoms with Crippen molar-refractivity contribution >= 4 is 23.1 Å². The van der Waals surface area contributed by atoms with Crippen molar-refractivity contribution in [2.75, 3.05) is 6.61 Å². The zero-order valence-electron chi connectivity index (χ0n) is 18.8. The first kappa shape index (κ1) is 21.4. The molecule has 0 bridgehead atoms. The molecule has 0 radical (unpaired) electrons. The highest BCUT2D eigenvalue weighted by atomic mass is 16.5. The first-order valence-corrected chi connectivity index (χ1v) is 10.8. The third kappa shape index (κ3) is 4.30. The van der Waals surface area contributed by atoms with Crippen molar-refractivity contribution in [3.8, 4) is 11.4 Å². The summed E-state index contributed by atoms with van der Waals surface area (Å²) >= 11 is 0. The molecule has 0 aliphatic heterocycles. The summed E-state index contributed by atoms with van der Waals surface area (Å²) < 4.78 is 13.3. The van der Waals surface area contributed by atoms with Gasteiger partial charge in [0.1, 0.15) is 11.3 Å². The van der Waals surface area contributed by atoms with E-state index < -0.39 is 5.91 Å². The maximum atomic E-state index is 12.5. The molecule has 4 aromatic rings. The van der Waals surface area contributed by atoms with Gasteiger partial charge in [0.2, 0.25) is 0 Å². The van der Waals surface area contributed by atoms with E-state index in [9.17, 15) is 4.79 Å². The number of furan rings is 1. The van der Waals surface area contributed by atoms with Gasteiger partial charge in [-0.3, -0.25) is 4.79 Å². The van der Waals surface area contributed by atoms with E-state index in [1.807, 2.05) is 26.0 Å². The molecule has 0 spiro atoms. The van der Waals surface area contributed by atoms with E-state index in [4.69, 9.17) is 9.15 Å². The fraction of sp³-hybridized carbons (Fsp3) is 0.231. The third-order valence-corrected chi connectivity index (χ3v) is 5.47. The van der Waals surface area contributed by atoms with Gasteiger partial charge < -0.3 is 13.7 Å². The average molecular weight is 430 g/mol. The Balaban J connectivity index is 1.49. The largest absolute Gasteiger partial charge is 0.494 e. The molecule has 1 N–H and O–H groups in total. The van der Waals surface area contributed by atoms with Crippen molar-refractivity contribution in [1.29, 1.82) is 0 Å². The van der Waals surface area contributed by atoms with E-state index in [1.165, 1.54) is 5.56 Å². The fourth-order valence-corrected chi connectivity index (χ4v) is 3.80. The zero-order chi connectivity index (χ0) is 22.7. The van der Waals surface area contributed by atoms with Crippen molar-refractivity contribution < 1.29 is 13.9 Å². The quantitative estimate of drug-likeness (QED) is 0.309. The lowest BCUT2D eigenvalue weighted by Gasteiger charge is -2.10. The predicted octanol–water partition coefficient (Wildman–Crippen LogP) is 5.57. The second-order valence-corrected chi connectivity index (χ2v) is 7.62.